The van der Waals surface area contributed by atoms with E-state index in [1.165, 1.54) is 12.4 Å². The number of carboxylic acid groups (broad SMARTS) is 1. The van der Waals surface area contributed by atoms with E-state index in [9.17, 15) is 9.59 Å². The third-order valence-electron chi connectivity index (χ3n) is 2.09. The number of hydrogen-bond acceptors (Lipinski definition) is 6. The second-order valence-electron chi connectivity index (χ2n) is 5.19. The first-order valence-corrected chi connectivity index (χ1v) is 5.96. The van der Waals surface area contributed by atoms with Gasteiger partial charge >= 0.3 is 12.1 Å². The van der Waals surface area contributed by atoms with Crippen molar-refractivity contribution in [2.24, 2.45) is 5.73 Å². The van der Waals surface area contributed by atoms with Crippen LogP contribution >= 0.6 is 0 Å². The van der Waals surface area contributed by atoms with Crippen LogP contribution in [0.25, 0.3) is 0 Å². The van der Waals surface area contributed by atoms with Gasteiger partial charge in [0.15, 0.2) is 0 Å². The maximum Gasteiger partial charge on any atom is 0.414 e. The highest BCUT2D eigenvalue weighted by Gasteiger charge is 2.17. The number of carbonyl (C=O) groups is 2. The number of aromatic nitrogens is 2. The molecule has 0 radical (unpaired) electrons. The molecule has 1 atom stereocenters. The van der Waals surface area contributed by atoms with Gasteiger partial charge in [-0.2, -0.15) is 0 Å². The zero-order chi connectivity index (χ0) is 15.3. The largest absolute Gasteiger partial charge is 0.480 e. The van der Waals surface area contributed by atoms with Crippen molar-refractivity contribution in [2.75, 3.05) is 5.32 Å². The lowest BCUT2D eigenvalue weighted by molar-refractivity contribution is -0.138. The van der Waals surface area contributed by atoms with Gasteiger partial charge in [-0.05, 0) is 26.3 Å². The Bertz CT molecular complexity index is 481. The molecule has 0 bridgehead atoms. The molecule has 1 rings (SSSR count). The molecule has 1 aromatic heterocycles. The summed E-state index contributed by atoms with van der Waals surface area (Å²) in [5.41, 5.74) is 5.34. The minimum Gasteiger partial charge on any atom is -0.480 e. The number of rotatable bonds is 4. The van der Waals surface area contributed by atoms with E-state index in [0.717, 1.165) is 0 Å². The molecule has 0 aliphatic rings. The molecule has 0 spiro atoms. The van der Waals surface area contributed by atoms with E-state index in [1.54, 1.807) is 20.8 Å². The maximum atomic E-state index is 11.5. The van der Waals surface area contributed by atoms with Gasteiger partial charge in [-0.3, -0.25) is 10.1 Å². The molecule has 110 valence electrons. The van der Waals surface area contributed by atoms with Crippen molar-refractivity contribution in [1.82, 2.24) is 9.97 Å². The van der Waals surface area contributed by atoms with Crippen LogP contribution in [0.2, 0.25) is 0 Å². The number of ether oxygens (including phenoxy) is 1. The Hall–Kier alpha value is -2.22. The Morgan fingerprint density at radius 3 is 2.40 bits per heavy atom. The van der Waals surface area contributed by atoms with Crippen LogP contribution in [0, 0.1) is 0 Å². The highest BCUT2D eigenvalue weighted by molar-refractivity contribution is 5.82. The van der Waals surface area contributed by atoms with Crippen LogP contribution in [0.5, 0.6) is 0 Å². The summed E-state index contributed by atoms with van der Waals surface area (Å²) in [5.74, 6) is -1.02. The van der Waals surface area contributed by atoms with E-state index in [0.29, 0.717) is 5.56 Å². The lowest BCUT2D eigenvalue weighted by Crippen LogP contribution is -2.32. The van der Waals surface area contributed by atoms with Crippen LogP contribution in [-0.4, -0.2) is 38.8 Å². The number of aliphatic carboxylic acids is 1. The predicted octanol–water partition coefficient (Wildman–Crippen LogP) is 0.778. The molecule has 0 aromatic carbocycles. The number of nitrogens with zero attached hydrogens (tertiary/aromatic N) is 2. The molecule has 0 aliphatic heterocycles. The Labute approximate surface area is 116 Å². The maximum absolute atomic E-state index is 11.5. The third kappa shape index (κ3) is 5.61. The Balaban J connectivity index is 2.59. The van der Waals surface area contributed by atoms with Crippen LogP contribution < -0.4 is 11.1 Å². The van der Waals surface area contributed by atoms with Gasteiger partial charge in [-0.1, -0.05) is 0 Å². The molecule has 0 saturated heterocycles. The molecule has 8 heteroatoms. The Kier molecular flexibility index (Phi) is 4.98. The van der Waals surface area contributed by atoms with Crippen molar-refractivity contribution < 1.29 is 19.4 Å². The quantitative estimate of drug-likeness (QED) is 0.744. The van der Waals surface area contributed by atoms with Crippen molar-refractivity contribution in [3.8, 4) is 0 Å². The van der Waals surface area contributed by atoms with Crippen molar-refractivity contribution >= 4 is 18.0 Å². The minimum absolute atomic E-state index is 0.0758. The predicted molar refractivity (Wildman–Crippen MR) is 71.2 cm³/mol. The van der Waals surface area contributed by atoms with E-state index in [1.807, 2.05) is 0 Å². The average Bonchev–Trinajstić information content (AvgIpc) is 2.28. The highest BCUT2D eigenvalue weighted by atomic mass is 16.6. The molecule has 1 unspecified atom stereocenters. The summed E-state index contributed by atoms with van der Waals surface area (Å²) in [5, 5.41) is 11.1. The first-order chi connectivity index (χ1) is 9.17. The molecular weight excluding hydrogens is 264 g/mol. The van der Waals surface area contributed by atoms with Gasteiger partial charge in [-0.15, -0.1) is 0 Å². The van der Waals surface area contributed by atoms with Gasteiger partial charge in [0.1, 0.15) is 11.6 Å². The molecule has 8 nitrogen and oxygen atoms in total. The summed E-state index contributed by atoms with van der Waals surface area (Å²) in [6.07, 6.45) is 2.26. The summed E-state index contributed by atoms with van der Waals surface area (Å²) < 4.78 is 5.04. The van der Waals surface area contributed by atoms with E-state index < -0.39 is 23.7 Å². The second kappa shape index (κ2) is 6.29. The monoisotopic (exact) mass is 282 g/mol. The van der Waals surface area contributed by atoms with Crippen molar-refractivity contribution in [2.45, 2.75) is 38.8 Å². The van der Waals surface area contributed by atoms with Gasteiger partial charge in [0.2, 0.25) is 5.95 Å². The highest BCUT2D eigenvalue weighted by Crippen LogP contribution is 2.09. The van der Waals surface area contributed by atoms with Gasteiger partial charge in [0.25, 0.3) is 0 Å². The van der Waals surface area contributed by atoms with Crippen molar-refractivity contribution in [3.63, 3.8) is 0 Å². The number of nitrogens with two attached hydrogens (primary N) is 1. The molecule has 0 fully saturated rings. The fourth-order valence-corrected chi connectivity index (χ4v) is 1.26. The number of amides is 1. The smallest absolute Gasteiger partial charge is 0.414 e. The Morgan fingerprint density at radius 2 is 1.95 bits per heavy atom. The number of nitrogens with one attached hydrogen (secondary N) is 1. The molecule has 20 heavy (non-hydrogen) atoms. The number of carboxylic acids is 1. The number of hydrogen-bond donors (Lipinski definition) is 3. The normalized spacial score (nSPS) is 12.6. The summed E-state index contributed by atoms with van der Waals surface area (Å²) in [7, 11) is 0. The fourth-order valence-electron chi connectivity index (χ4n) is 1.26. The molecule has 1 aromatic rings. The molecule has 0 aliphatic carbocycles. The molecule has 1 amide bonds. The van der Waals surface area contributed by atoms with Crippen LogP contribution in [0.4, 0.5) is 10.7 Å². The lowest BCUT2D eigenvalue weighted by Gasteiger charge is -2.19. The van der Waals surface area contributed by atoms with Gasteiger partial charge in [-0.25, -0.2) is 14.8 Å². The average molecular weight is 282 g/mol. The molecule has 0 saturated carbocycles. The van der Waals surface area contributed by atoms with E-state index in [2.05, 4.69) is 15.3 Å². The SMILES string of the molecule is CC(C)(C)OC(=O)Nc1ncc(CC(N)C(=O)O)cn1. The molecular formula is C12H18N4O4. The van der Waals surface area contributed by atoms with Gasteiger partial charge in [0, 0.05) is 18.8 Å². The summed E-state index contributed by atoms with van der Waals surface area (Å²) in [6.45, 7) is 5.22. The standard InChI is InChI=1S/C12H18N4O4/c1-12(2,3)20-11(19)16-10-14-5-7(6-15-10)4-8(13)9(17)18/h5-6,8H,4,13H2,1-3H3,(H,17,18)(H,14,15,16,19). The Morgan fingerprint density at radius 1 is 1.40 bits per heavy atom. The summed E-state index contributed by atoms with van der Waals surface area (Å²) in [4.78, 5) is 29.9. The summed E-state index contributed by atoms with van der Waals surface area (Å²) in [6, 6.07) is -1.01. The van der Waals surface area contributed by atoms with Gasteiger partial charge < -0.3 is 15.6 Å². The topological polar surface area (TPSA) is 127 Å². The van der Waals surface area contributed by atoms with Crippen LogP contribution in [0.1, 0.15) is 26.3 Å². The second-order valence-corrected chi connectivity index (χ2v) is 5.19. The van der Waals surface area contributed by atoms with Crippen LogP contribution in [-0.2, 0) is 16.0 Å². The first kappa shape index (κ1) is 15.8. The van der Waals surface area contributed by atoms with E-state index >= 15 is 0 Å². The zero-order valence-electron chi connectivity index (χ0n) is 11.6. The van der Waals surface area contributed by atoms with E-state index in [4.69, 9.17) is 15.6 Å². The third-order valence-corrected chi connectivity index (χ3v) is 2.09. The zero-order valence-corrected chi connectivity index (χ0v) is 11.6. The molecule has 4 N–H and O–H groups in total. The minimum atomic E-state index is -1.10. The lowest BCUT2D eigenvalue weighted by atomic mass is 10.1. The number of carbonyl (C=O) groups excluding carboxylic acids is 1. The number of anilines is 1. The first-order valence-electron chi connectivity index (χ1n) is 5.96. The van der Waals surface area contributed by atoms with Crippen LogP contribution in [0.15, 0.2) is 12.4 Å². The fraction of sp³-hybridized carbons (Fsp3) is 0.500. The van der Waals surface area contributed by atoms with Gasteiger partial charge in [0.05, 0.1) is 0 Å². The van der Waals surface area contributed by atoms with Crippen molar-refractivity contribution in [1.29, 1.82) is 0 Å². The van der Waals surface area contributed by atoms with Crippen LogP contribution in [0.3, 0.4) is 0 Å². The van der Waals surface area contributed by atoms with Crippen molar-refractivity contribution in [3.05, 3.63) is 18.0 Å². The molecule has 1 heterocycles. The summed E-state index contributed by atoms with van der Waals surface area (Å²) >= 11 is 0. The van der Waals surface area contributed by atoms with E-state index in [-0.39, 0.29) is 12.4 Å².